The van der Waals surface area contributed by atoms with E-state index in [1.807, 2.05) is 31.2 Å². The largest absolute Gasteiger partial charge is 0.497 e. The first-order chi connectivity index (χ1) is 13.5. The minimum Gasteiger partial charge on any atom is -0.497 e. The SMILES string of the molecule is CCCCn1c(NN=C(C)c2ccc(OC)cc2)nc2c1c(=O)[nH]c(=O)n2C. The van der Waals surface area contributed by atoms with Crippen molar-refractivity contribution < 1.29 is 4.74 Å². The average Bonchev–Trinajstić information content (AvgIpc) is 3.07. The maximum absolute atomic E-state index is 12.4. The quantitative estimate of drug-likeness (QED) is 0.479. The van der Waals surface area contributed by atoms with Crippen LogP contribution in [0.1, 0.15) is 32.3 Å². The molecule has 3 aromatic rings. The molecule has 0 radical (unpaired) electrons. The van der Waals surface area contributed by atoms with E-state index in [4.69, 9.17) is 4.74 Å². The number of unbranched alkanes of at least 4 members (excludes halogenated alkanes) is 1. The number of ether oxygens (including phenoxy) is 1. The predicted molar refractivity (Wildman–Crippen MR) is 109 cm³/mol. The molecule has 9 nitrogen and oxygen atoms in total. The molecular weight excluding hydrogens is 360 g/mol. The molecule has 2 N–H and O–H groups in total. The topological polar surface area (TPSA) is 106 Å². The Morgan fingerprint density at radius 2 is 2.00 bits per heavy atom. The number of benzene rings is 1. The number of nitrogens with one attached hydrogen (secondary N) is 2. The zero-order chi connectivity index (χ0) is 20.3. The Hall–Kier alpha value is -3.36. The van der Waals surface area contributed by atoms with Crippen molar-refractivity contribution >= 4 is 22.8 Å². The number of fused-ring (bicyclic) bond motifs is 1. The molecule has 28 heavy (non-hydrogen) atoms. The van der Waals surface area contributed by atoms with Crippen LogP contribution in [0.15, 0.2) is 39.0 Å². The van der Waals surface area contributed by atoms with Crippen molar-refractivity contribution in [1.29, 1.82) is 0 Å². The van der Waals surface area contributed by atoms with Crippen LogP contribution >= 0.6 is 0 Å². The van der Waals surface area contributed by atoms with Gasteiger partial charge in [0.1, 0.15) is 5.75 Å². The molecule has 2 aromatic heterocycles. The number of imidazole rings is 1. The zero-order valence-corrected chi connectivity index (χ0v) is 16.4. The first-order valence-electron chi connectivity index (χ1n) is 9.10. The minimum absolute atomic E-state index is 0.324. The molecule has 0 amide bonds. The van der Waals surface area contributed by atoms with Crippen LogP contribution in [-0.4, -0.2) is 31.9 Å². The number of H-pyrrole nitrogens is 1. The molecule has 9 heteroatoms. The van der Waals surface area contributed by atoms with Gasteiger partial charge in [-0.1, -0.05) is 13.3 Å². The highest BCUT2D eigenvalue weighted by molar-refractivity contribution is 5.99. The van der Waals surface area contributed by atoms with Crippen molar-refractivity contribution in [3.8, 4) is 5.75 Å². The molecule has 0 aliphatic heterocycles. The molecule has 2 heterocycles. The van der Waals surface area contributed by atoms with Gasteiger partial charge in [-0.2, -0.15) is 10.1 Å². The Bertz CT molecular complexity index is 1120. The van der Waals surface area contributed by atoms with Gasteiger partial charge in [-0.3, -0.25) is 14.3 Å². The summed E-state index contributed by atoms with van der Waals surface area (Å²) in [4.78, 5) is 31.0. The smallest absolute Gasteiger partial charge is 0.329 e. The molecule has 0 bridgehead atoms. The van der Waals surface area contributed by atoms with Gasteiger partial charge >= 0.3 is 5.69 Å². The van der Waals surface area contributed by atoms with Crippen LogP contribution in [0.4, 0.5) is 5.95 Å². The maximum Gasteiger partial charge on any atom is 0.329 e. The van der Waals surface area contributed by atoms with Gasteiger partial charge in [0.15, 0.2) is 11.2 Å². The van der Waals surface area contributed by atoms with Crippen molar-refractivity contribution in [2.45, 2.75) is 33.2 Å². The second-order valence-electron chi connectivity index (χ2n) is 6.47. The third kappa shape index (κ3) is 3.68. The lowest BCUT2D eigenvalue weighted by molar-refractivity contribution is 0.415. The maximum atomic E-state index is 12.4. The third-order valence-electron chi connectivity index (χ3n) is 4.57. The van der Waals surface area contributed by atoms with Gasteiger partial charge in [0.2, 0.25) is 5.95 Å². The van der Waals surface area contributed by atoms with Gasteiger partial charge in [-0.05, 0) is 43.2 Å². The summed E-state index contributed by atoms with van der Waals surface area (Å²) in [5.41, 5.74) is 4.36. The van der Waals surface area contributed by atoms with Crippen LogP contribution in [-0.2, 0) is 13.6 Å². The summed E-state index contributed by atoms with van der Waals surface area (Å²) in [6.07, 6.45) is 1.82. The number of nitrogens with zero attached hydrogens (tertiary/aromatic N) is 4. The van der Waals surface area contributed by atoms with Gasteiger partial charge in [-0.25, -0.2) is 10.2 Å². The molecule has 148 valence electrons. The zero-order valence-electron chi connectivity index (χ0n) is 16.4. The summed E-state index contributed by atoms with van der Waals surface area (Å²) in [5.74, 6) is 1.19. The third-order valence-corrected chi connectivity index (χ3v) is 4.57. The summed E-state index contributed by atoms with van der Waals surface area (Å²) in [5, 5.41) is 4.41. The number of anilines is 1. The number of aromatic nitrogens is 4. The van der Waals surface area contributed by atoms with Crippen molar-refractivity contribution in [3.05, 3.63) is 50.7 Å². The second kappa shape index (κ2) is 8.12. The monoisotopic (exact) mass is 384 g/mol. The van der Waals surface area contributed by atoms with E-state index in [0.29, 0.717) is 23.7 Å². The van der Waals surface area contributed by atoms with Crippen molar-refractivity contribution in [3.63, 3.8) is 0 Å². The predicted octanol–water partition coefficient (Wildman–Crippen LogP) is 2.07. The lowest BCUT2D eigenvalue weighted by atomic mass is 10.1. The number of hydrazone groups is 1. The molecule has 0 saturated heterocycles. The highest BCUT2D eigenvalue weighted by atomic mass is 16.5. The molecule has 0 aliphatic rings. The van der Waals surface area contributed by atoms with Crippen LogP contribution in [0.25, 0.3) is 11.2 Å². The number of hydrogen-bond donors (Lipinski definition) is 2. The van der Waals surface area contributed by atoms with Gasteiger partial charge < -0.3 is 9.30 Å². The fourth-order valence-corrected chi connectivity index (χ4v) is 2.88. The number of rotatable bonds is 7. The Labute approximate surface area is 161 Å². The van der Waals surface area contributed by atoms with E-state index in [0.717, 1.165) is 29.9 Å². The van der Waals surface area contributed by atoms with Crippen molar-refractivity contribution in [2.24, 2.45) is 12.1 Å². The molecule has 0 saturated carbocycles. The number of aryl methyl sites for hydroxylation is 2. The summed E-state index contributed by atoms with van der Waals surface area (Å²) in [6.45, 7) is 4.53. The minimum atomic E-state index is -0.498. The lowest BCUT2D eigenvalue weighted by Gasteiger charge is -2.08. The molecule has 0 fully saturated rings. The lowest BCUT2D eigenvalue weighted by Crippen LogP contribution is -2.29. The van der Waals surface area contributed by atoms with E-state index in [9.17, 15) is 9.59 Å². The van der Waals surface area contributed by atoms with E-state index in [1.54, 1.807) is 18.7 Å². The Morgan fingerprint density at radius 3 is 2.64 bits per heavy atom. The Kier molecular flexibility index (Phi) is 5.62. The van der Waals surface area contributed by atoms with Crippen LogP contribution < -0.4 is 21.4 Å². The first kappa shape index (κ1) is 19.4. The highest BCUT2D eigenvalue weighted by Gasteiger charge is 2.16. The van der Waals surface area contributed by atoms with Crippen LogP contribution in [0.2, 0.25) is 0 Å². The van der Waals surface area contributed by atoms with E-state index in [1.165, 1.54) is 4.57 Å². The summed E-state index contributed by atoms with van der Waals surface area (Å²) >= 11 is 0. The van der Waals surface area contributed by atoms with Crippen molar-refractivity contribution in [2.75, 3.05) is 12.5 Å². The van der Waals surface area contributed by atoms with Gasteiger partial charge in [-0.15, -0.1) is 0 Å². The van der Waals surface area contributed by atoms with E-state index >= 15 is 0 Å². The molecule has 1 aromatic carbocycles. The fraction of sp³-hybridized carbons (Fsp3) is 0.368. The normalized spacial score (nSPS) is 11.8. The van der Waals surface area contributed by atoms with Gasteiger partial charge in [0, 0.05) is 13.6 Å². The fourth-order valence-electron chi connectivity index (χ4n) is 2.88. The molecule has 3 rings (SSSR count). The summed E-state index contributed by atoms with van der Waals surface area (Å²) in [6, 6.07) is 7.54. The number of hydrogen-bond acceptors (Lipinski definition) is 6. The van der Waals surface area contributed by atoms with Crippen LogP contribution in [0.5, 0.6) is 5.75 Å². The van der Waals surface area contributed by atoms with E-state index < -0.39 is 11.2 Å². The first-order valence-corrected chi connectivity index (χ1v) is 9.10. The Morgan fingerprint density at radius 1 is 1.29 bits per heavy atom. The van der Waals surface area contributed by atoms with Crippen molar-refractivity contribution in [1.82, 2.24) is 19.1 Å². The summed E-state index contributed by atoms with van der Waals surface area (Å²) < 4.78 is 8.26. The van der Waals surface area contributed by atoms with E-state index in [2.05, 4.69) is 27.4 Å². The molecule has 0 unspecified atom stereocenters. The highest BCUT2D eigenvalue weighted by Crippen LogP contribution is 2.17. The van der Waals surface area contributed by atoms with Gasteiger partial charge in [0.05, 0.1) is 12.8 Å². The van der Waals surface area contributed by atoms with Gasteiger partial charge in [0.25, 0.3) is 5.56 Å². The number of methoxy groups -OCH3 is 1. The summed E-state index contributed by atoms with van der Waals surface area (Å²) in [7, 11) is 3.20. The van der Waals surface area contributed by atoms with Crippen LogP contribution in [0, 0.1) is 0 Å². The standard InChI is InChI=1S/C19H24N6O3/c1-5-6-11-25-15-16(24(3)19(27)21-17(15)26)20-18(25)23-22-12(2)13-7-9-14(28-4)10-8-13/h7-10H,5-6,11H2,1-4H3,(H,20,23)(H,21,26,27). The Balaban J connectivity index is 2.01. The molecule has 0 aliphatic carbocycles. The second-order valence-corrected chi connectivity index (χ2v) is 6.47. The molecule has 0 atom stereocenters. The molecular formula is C19H24N6O3. The number of aromatic amines is 1. The molecule has 0 spiro atoms. The van der Waals surface area contributed by atoms with E-state index in [-0.39, 0.29) is 0 Å². The van der Waals surface area contributed by atoms with Crippen LogP contribution in [0.3, 0.4) is 0 Å². The average molecular weight is 384 g/mol.